The van der Waals surface area contributed by atoms with Gasteiger partial charge in [-0.15, -0.1) is 0 Å². The Bertz CT molecular complexity index is 428. The number of allylic oxidation sites excluding steroid dienone is 1. The summed E-state index contributed by atoms with van der Waals surface area (Å²) in [5.74, 6) is 0.475. The summed E-state index contributed by atoms with van der Waals surface area (Å²) in [5.41, 5.74) is 2.01. The Balaban J connectivity index is 2.41. The van der Waals surface area contributed by atoms with Gasteiger partial charge in [0.05, 0.1) is 0 Å². The summed E-state index contributed by atoms with van der Waals surface area (Å²) in [4.78, 5) is 13.7. The molecule has 1 amide bonds. The first-order valence-electron chi connectivity index (χ1n) is 5.31. The Morgan fingerprint density at radius 2 is 2.25 bits per heavy atom. The maximum Gasteiger partial charge on any atom is 0.253 e. The lowest BCUT2D eigenvalue weighted by Gasteiger charge is -2.30. The number of nitrogens with zero attached hydrogens (tertiary/aromatic N) is 1. The van der Waals surface area contributed by atoms with Gasteiger partial charge in [-0.05, 0) is 11.6 Å². The SMILES string of the molecule is CN1C[C@@H](/C=C/CI)c2ccccc2C1=O. The number of carbonyl (C=O) groups is 1. The van der Waals surface area contributed by atoms with Crippen LogP contribution in [0.3, 0.4) is 0 Å². The van der Waals surface area contributed by atoms with E-state index in [1.54, 1.807) is 4.90 Å². The molecule has 1 aromatic rings. The molecule has 0 N–H and O–H groups in total. The molecule has 84 valence electrons. The molecule has 1 aliphatic heterocycles. The third-order valence-corrected chi connectivity index (χ3v) is 3.37. The molecule has 0 radical (unpaired) electrons. The Morgan fingerprint density at radius 1 is 1.50 bits per heavy atom. The number of halogens is 1. The highest BCUT2D eigenvalue weighted by Gasteiger charge is 2.26. The summed E-state index contributed by atoms with van der Waals surface area (Å²) in [6, 6.07) is 7.90. The second-order valence-corrected chi connectivity index (χ2v) is 4.84. The van der Waals surface area contributed by atoms with Gasteiger partial charge in [0.25, 0.3) is 5.91 Å². The van der Waals surface area contributed by atoms with Gasteiger partial charge in [-0.25, -0.2) is 0 Å². The molecule has 2 nitrogen and oxygen atoms in total. The van der Waals surface area contributed by atoms with Crippen LogP contribution in [0.1, 0.15) is 21.8 Å². The van der Waals surface area contributed by atoms with Crippen LogP contribution in [0.25, 0.3) is 0 Å². The number of amides is 1. The van der Waals surface area contributed by atoms with E-state index in [-0.39, 0.29) is 5.91 Å². The number of benzene rings is 1. The molecule has 1 aromatic carbocycles. The summed E-state index contributed by atoms with van der Waals surface area (Å²) in [6.45, 7) is 0.781. The summed E-state index contributed by atoms with van der Waals surface area (Å²) in [7, 11) is 1.86. The van der Waals surface area contributed by atoms with Gasteiger partial charge in [0, 0.05) is 29.5 Å². The van der Waals surface area contributed by atoms with E-state index in [1.807, 2.05) is 25.2 Å². The van der Waals surface area contributed by atoms with Crippen LogP contribution in [0.5, 0.6) is 0 Å². The summed E-state index contributed by atoms with van der Waals surface area (Å²) in [6.07, 6.45) is 4.36. The molecular weight excluding hydrogens is 313 g/mol. The van der Waals surface area contributed by atoms with E-state index in [4.69, 9.17) is 0 Å². The van der Waals surface area contributed by atoms with Crippen molar-refractivity contribution in [3.8, 4) is 0 Å². The maximum absolute atomic E-state index is 11.9. The van der Waals surface area contributed by atoms with Crippen molar-refractivity contribution in [3.63, 3.8) is 0 Å². The number of carbonyl (C=O) groups excluding carboxylic acids is 1. The van der Waals surface area contributed by atoms with Crippen LogP contribution in [-0.2, 0) is 0 Å². The average molecular weight is 327 g/mol. The van der Waals surface area contributed by atoms with Crippen molar-refractivity contribution in [2.75, 3.05) is 18.0 Å². The molecule has 0 unspecified atom stereocenters. The van der Waals surface area contributed by atoms with E-state index in [2.05, 4.69) is 40.8 Å². The molecule has 16 heavy (non-hydrogen) atoms. The Kier molecular flexibility index (Phi) is 3.63. The van der Waals surface area contributed by atoms with Crippen molar-refractivity contribution in [1.29, 1.82) is 0 Å². The first-order valence-corrected chi connectivity index (χ1v) is 6.83. The molecule has 0 bridgehead atoms. The second-order valence-electron chi connectivity index (χ2n) is 3.96. The number of alkyl halides is 1. The Morgan fingerprint density at radius 3 is 3.00 bits per heavy atom. The molecule has 1 aliphatic rings. The molecule has 0 aliphatic carbocycles. The molecule has 0 saturated heterocycles. The van der Waals surface area contributed by atoms with Gasteiger partial charge >= 0.3 is 0 Å². The quantitative estimate of drug-likeness (QED) is 0.465. The van der Waals surface area contributed by atoms with E-state index in [9.17, 15) is 4.79 Å². The van der Waals surface area contributed by atoms with E-state index in [0.717, 1.165) is 22.1 Å². The molecule has 0 spiro atoms. The lowest BCUT2D eigenvalue weighted by molar-refractivity contribution is 0.0773. The third kappa shape index (κ3) is 2.14. The summed E-state index contributed by atoms with van der Waals surface area (Å²) in [5, 5.41) is 0. The number of hydrogen-bond donors (Lipinski definition) is 0. The van der Waals surface area contributed by atoms with Gasteiger partial charge in [0.2, 0.25) is 0 Å². The number of likely N-dealkylation sites (N-methyl/N-ethyl adjacent to an activating group) is 1. The number of rotatable bonds is 2. The van der Waals surface area contributed by atoms with Gasteiger partial charge in [-0.3, -0.25) is 4.79 Å². The van der Waals surface area contributed by atoms with Crippen LogP contribution in [0, 0.1) is 0 Å². The first kappa shape index (κ1) is 11.6. The highest BCUT2D eigenvalue weighted by molar-refractivity contribution is 14.1. The van der Waals surface area contributed by atoms with E-state index in [0.29, 0.717) is 5.92 Å². The van der Waals surface area contributed by atoms with Crippen LogP contribution in [0.15, 0.2) is 36.4 Å². The minimum absolute atomic E-state index is 0.134. The lowest BCUT2D eigenvalue weighted by atomic mass is 9.89. The van der Waals surface area contributed by atoms with Crippen molar-refractivity contribution >= 4 is 28.5 Å². The average Bonchev–Trinajstić information content (AvgIpc) is 2.32. The van der Waals surface area contributed by atoms with Crippen molar-refractivity contribution in [1.82, 2.24) is 4.90 Å². The van der Waals surface area contributed by atoms with Gasteiger partial charge in [0.15, 0.2) is 0 Å². The molecular formula is C13H14INO. The van der Waals surface area contributed by atoms with Crippen LogP contribution in [0.4, 0.5) is 0 Å². The predicted octanol–water partition coefficient (Wildman–Crippen LogP) is 2.85. The zero-order chi connectivity index (χ0) is 11.5. The van der Waals surface area contributed by atoms with E-state index < -0.39 is 0 Å². The fourth-order valence-corrected chi connectivity index (χ4v) is 2.37. The third-order valence-electron chi connectivity index (χ3n) is 2.87. The molecule has 2 rings (SSSR count). The normalized spacial score (nSPS) is 20.2. The van der Waals surface area contributed by atoms with Crippen LogP contribution >= 0.6 is 22.6 Å². The molecule has 0 saturated carbocycles. The Hall–Kier alpha value is -0.840. The minimum Gasteiger partial charge on any atom is -0.341 e. The topological polar surface area (TPSA) is 20.3 Å². The van der Waals surface area contributed by atoms with Gasteiger partial charge < -0.3 is 4.90 Å². The fourth-order valence-electron chi connectivity index (χ4n) is 2.08. The standard InChI is InChI=1S/C13H14INO/c1-15-9-10(5-4-8-14)11-6-2-3-7-12(11)13(15)16/h2-7,10H,8-9H2,1H3/b5-4+/t10-/m1/s1. The van der Waals surface area contributed by atoms with Crippen molar-refractivity contribution < 1.29 is 4.79 Å². The second kappa shape index (κ2) is 4.99. The van der Waals surface area contributed by atoms with E-state index >= 15 is 0 Å². The first-order chi connectivity index (χ1) is 7.74. The molecule has 0 fully saturated rings. The van der Waals surface area contributed by atoms with Crippen molar-refractivity contribution in [2.45, 2.75) is 5.92 Å². The monoisotopic (exact) mass is 327 g/mol. The van der Waals surface area contributed by atoms with Gasteiger partial charge in [-0.1, -0.05) is 52.9 Å². The minimum atomic E-state index is 0.134. The predicted molar refractivity (Wildman–Crippen MR) is 74.2 cm³/mol. The lowest BCUT2D eigenvalue weighted by Crippen LogP contribution is -2.36. The molecule has 0 aromatic heterocycles. The van der Waals surface area contributed by atoms with E-state index in [1.165, 1.54) is 0 Å². The maximum atomic E-state index is 11.9. The number of fused-ring (bicyclic) bond motifs is 1. The summed E-state index contributed by atoms with van der Waals surface area (Å²) < 4.78 is 1.01. The molecule has 1 atom stereocenters. The smallest absolute Gasteiger partial charge is 0.253 e. The van der Waals surface area contributed by atoms with Crippen LogP contribution in [-0.4, -0.2) is 28.8 Å². The largest absolute Gasteiger partial charge is 0.341 e. The Labute approximate surface area is 109 Å². The number of hydrogen-bond acceptors (Lipinski definition) is 1. The molecule has 1 heterocycles. The van der Waals surface area contributed by atoms with Gasteiger partial charge in [-0.2, -0.15) is 0 Å². The summed E-state index contributed by atoms with van der Waals surface area (Å²) >= 11 is 2.33. The fraction of sp³-hybridized carbons (Fsp3) is 0.308. The van der Waals surface area contributed by atoms with Crippen molar-refractivity contribution in [2.24, 2.45) is 0 Å². The highest BCUT2D eigenvalue weighted by Crippen LogP contribution is 2.28. The van der Waals surface area contributed by atoms with Crippen LogP contribution in [0.2, 0.25) is 0 Å². The zero-order valence-electron chi connectivity index (χ0n) is 9.19. The molecule has 3 heteroatoms. The zero-order valence-corrected chi connectivity index (χ0v) is 11.3. The van der Waals surface area contributed by atoms with Crippen molar-refractivity contribution in [3.05, 3.63) is 47.5 Å². The highest BCUT2D eigenvalue weighted by atomic mass is 127. The van der Waals surface area contributed by atoms with Gasteiger partial charge in [0.1, 0.15) is 0 Å². The van der Waals surface area contributed by atoms with Crippen LogP contribution < -0.4 is 0 Å².